The van der Waals surface area contributed by atoms with Crippen LogP contribution in [0.5, 0.6) is 0 Å². The van der Waals surface area contributed by atoms with E-state index in [4.69, 9.17) is 0 Å². The van der Waals surface area contributed by atoms with Gasteiger partial charge in [0, 0.05) is 60.6 Å². The summed E-state index contributed by atoms with van der Waals surface area (Å²) in [5.74, 6) is 0.918. The number of benzene rings is 2. The van der Waals surface area contributed by atoms with Gasteiger partial charge in [0.05, 0.1) is 6.33 Å². The second-order valence-electron chi connectivity index (χ2n) is 12.5. The number of pyridine rings is 1. The van der Waals surface area contributed by atoms with E-state index in [1.165, 1.54) is 5.56 Å². The van der Waals surface area contributed by atoms with Crippen LogP contribution in [0, 0.1) is 18.3 Å². The Morgan fingerprint density at radius 3 is 2.41 bits per heavy atom. The zero-order valence-electron chi connectivity index (χ0n) is 24.8. The van der Waals surface area contributed by atoms with Gasteiger partial charge in [0.1, 0.15) is 0 Å². The van der Waals surface area contributed by atoms with Crippen LogP contribution in [0.15, 0.2) is 79.5 Å². The Labute approximate surface area is 243 Å². The Hall–Kier alpha value is -4.06. The fourth-order valence-corrected chi connectivity index (χ4v) is 6.02. The third kappa shape index (κ3) is 6.48. The lowest BCUT2D eigenvalue weighted by molar-refractivity contribution is 0.0524. The van der Waals surface area contributed by atoms with Gasteiger partial charge in [-0.2, -0.15) is 0 Å². The Kier molecular flexibility index (Phi) is 8.20. The monoisotopic (exact) mass is 548 g/mol. The summed E-state index contributed by atoms with van der Waals surface area (Å²) in [6.07, 6.45) is 9.25. The van der Waals surface area contributed by atoms with Gasteiger partial charge in [0.2, 0.25) is 0 Å². The van der Waals surface area contributed by atoms with Gasteiger partial charge in [-0.05, 0) is 90.1 Å². The largest absolute Gasteiger partial charge is 0.338 e. The first-order valence-electron chi connectivity index (χ1n) is 14.6. The van der Waals surface area contributed by atoms with Gasteiger partial charge in [-0.25, -0.2) is 4.98 Å². The first-order chi connectivity index (χ1) is 19.6. The molecule has 2 aromatic heterocycles. The molecule has 1 amide bonds. The van der Waals surface area contributed by atoms with E-state index in [0.717, 1.165) is 35.3 Å². The smallest absolute Gasteiger partial charge is 0.253 e. The van der Waals surface area contributed by atoms with Crippen LogP contribution in [0.25, 0.3) is 5.69 Å². The fourth-order valence-electron chi connectivity index (χ4n) is 6.02. The van der Waals surface area contributed by atoms with Gasteiger partial charge >= 0.3 is 0 Å². The molecule has 4 aromatic rings. The zero-order valence-corrected chi connectivity index (χ0v) is 24.8. The molecule has 2 aromatic carbocycles. The molecule has 1 aliphatic rings. The van der Waals surface area contributed by atoms with Crippen molar-refractivity contribution in [2.24, 2.45) is 11.3 Å². The molecule has 5 rings (SSSR count). The lowest BCUT2D eigenvalue weighted by Crippen LogP contribution is -2.47. The molecule has 212 valence electrons. The van der Waals surface area contributed by atoms with Crippen LogP contribution < -0.4 is 0 Å². The maximum atomic E-state index is 13.7. The number of hydrogen-bond acceptors (Lipinski definition) is 4. The average molecular weight is 549 g/mol. The minimum Gasteiger partial charge on any atom is -0.338 e. The molecule has 0 spiro atoms. The van der Waals surface area contributed by atoms with Gasteiger partial charge in [0.15, 0.2) is 5.78 Å². The lowest BCUT2D eigenvalue weighted by atomic mass is 9.70. The summed E-state index contributed by atoms with van der Waals surface area (Å²) in [4.78, 5) is 37.4. The molecule has 0 radical (unpaired) electrons. The number of hydrogen-bond donors (Lipinski definition) is 0. The Morgan fingerprint density at radius 1 is 1.02 bits per heavy atom. The number of nitrogens with zero attached hydrogens (tertiary/aromatic N) is 4. The van der Waals surface area contributed by atoms with Crippen molar-refractivity contribution < 1.29 is 9.59 Å². The fraction of sp³-hybridized carbons (Fsp3) is 0.371. The van der Waals surface area contributed by atoms with Crippen molar-refractivity contribution in [3.05, 3.63) is 113 Å². The van der Waals surface area contributed by atoms with Crippen LogP contribution in [-0.2, 0) is 12.8 Å². The van der Waals surface area contributed by atoms with E-state index < -0.39 is 0 Å². The van der Waals surface area contributed by atoms with Crippen molar-refractivity contribution >= 4 is 11.7 Å². The SMILES string of the molecule is Cc1ccc(C(=O)N2CCC(c3ccc(-n4ccnc4)cc3)C(C)(C)C2)cc1CC(=O)c1ccc(CC(C)C)nc1. The van der Waals surface area contributed by atoms with Gasteiger partial charge in [0.25, 0.3) is 5.91 Å². The zero-order chi connectivity index (χ0) is 29.1. The van der Waals surface area contributed by atoms with Crippen LogP contribution in [-0.4, -0.2) is 44.2 Å². The molecule has 0 saturated carbocycles. The molecule has 0 N–H and O–H groups in total. The molecule has 1 fully saturated rings. The van der Waals surface area contributed by atoms with Crippen molar-refractivity contribution in [1.82, 2.24) is 19.4 Å². The summed E-state index contributed by atoms with van der Waals surface area (Å²) in [6, 6.07) is 18.2. The highest BCUT2D eigenvalue weighted by Gasteiger charge is 2.38. The molecular formula is C35H40N4O2. The first kappa shape index (κ1) is 28.5. The van der Waals surface area contributed by atoms with Crippen LogP contribution in [0.2, 0.25) is 0 Å². The number of Topliss-reactive ketones (excluding diaryl/α,β-unsaturated/α-hetero) is 1. The van der Waals surface area contributed by atoms with Crippen molar-refractivity contribution in [1.29, 1.82) is 0 Å². The number of aryl methyl sites for hydroxylation is 1. The maximum absolute atomic E-state index is 13.7. The number of rotatable bonds is 8. The molecule has 1 unspecified atom stereocenters. The third-order valence-electron chi connectivity index (χ3n) is 8.33. The average Bonchev–Trinajstić information content (AvgIpc) is 3.49. The summed E-state index contributed by atoms with van der Waals surface area (Å²) in [5, 5.41) is 0. The highest BCUT2D eigenvalue weighted by molar-refractivity contribution is 5.98. The lowest BCUT2D eigenvalue weighted by Gasteiger charge is -2.44. The summed E-state index contributed by atoms with van der Waals surface area (Å²) in [6.45, 7) is 12.2. The normalized spacial score (nSPS) is 16.6. The summed E-state index contributed by atoms with van der Waals surface area (Å²) in [5.41, 5.74) is 6.45. The van der Waals surface area contributed by atoms with Gasteiger partial charge in [-0.3, -0.25) is 14.6 Å². The van der Waals surface area contributed by atoms with E-state index in [0.29, 0.717) is 36.1 Å². The molecule has 0 aliphatic carbocycles. The molecule has 6 heteroatoms. The highest BCUT2D eigenvalue weighted by atomic mass is 16.2. The molecule has 6 nitrogen and oxygen atoms in total. The highest BCUT2D eigenvalue weighted by Crippen LogP contribution is 2.42. The molecule has 1 saturated heterocycles. The minimum atomic E-state index is -0.0807. The van der Waals surface area contributed by atoms with Gasteiger partial charge in [-0.1, -0.05) is 45.9 Å². The molecule has 0 bridgehead atoms. The van der Waals surface area contributed by atoms with Crippen LogP contribution in [0.3, 0.4) is 0 Å². The van der Waals surface area contributed by atoms with Gasteiger partial charge in [-0.15, -0.1) is 0 Å². The number of amides is 1. The quantitative estimate of drug-likeness (QED) is 0.226. The number of carbonyl (C=O) groups excluding carboxylic acids is 2. The molecule has 1 aliphatic heterocycles. The van der Waals surface area contributed by atoms with E-state index in [1.807, 2.05) is 52.9 Å². The van der Waals surface area contributed by atoms with Gasteiger partial charge < -0.3 is 9.47 Å². The summed E-state index contributed by atoms with van der Waals surface area (Å²) >= 11 is 0. The third-order valence-corrected chi connectivity index (χ3v) is 8.33. The second kappa shape index (κ2) is 11.8. The van der Waals surface area contributed by atoms with E-state index in [9.17, 15) is 9.59 Å². The van der Waals surface area contributed by atoms with E-state index in [-0.39, 0.29) is 23.5 Å². The molecule has 3 heterocycles. The number of imidazole rings is 1. The number of aromatic nitrogens is 3. The standard InChI is InChI=1S/C35H40N4O2/c1-24(2)18-30-11-8-28(21-37-30)33(40)20-29-19-27(7-6-25(29)3)34(41)38-16-14-32(35(4,5)22-38)26-9-12-31(13-10-26)39-17-15-36-23-39/h6-13,15,17,19,21,23-24,32H,14,16,18,20,22H2,1-5H3. The number of likely N-dealkylation sites (tertiary alicyclic amines) is 1. The van der Waals surface area contributed by atoms with Crippen LogP contribution in [0.4, 0.5) is 0 Å². The second-order valence-corrected chi connectivity index (χ2v) is 12.5. The minimum absolute atomic E-state index is 0.0160. The molecule has 41 heavy (non-hydrogen) atoms. The van der Waals surface area contributed by atoms with E-state index in [2.05, 4.69) is 61.9 Å². The van der Waals surface area contributed by atoms with Crippen molar-refractivity contribution in [3.8, 4) is 5.69 Å². The van der Waals surface area contributed by atoms with Crippen molar-refractivity contribution in [3.63, 3.8) is 0 Å². The van der Waals surface area contributed by atoms with Crippen molar-refractivity contribution in [2.75, 3.05) is 13.1 Å². The summed E-state index contributed by atoms with van der Waals surface area (Å²) in [7, 11) is 0. The number of carbonyl (C=O) groups is 2. The van der Waals surface area contributed by atoms with E-state index in [1.54, 1.807) is 18.7 Å². The van der Waals surface area contributed by atoms with Crippen molar-refractivity contribution in [2.45, 2.75) is 59.8 Å². The Bertz CT molecular complexity index is 1500. The maximum Gasteiger partial charge on any atom is 0.253 e. The molecule has 1 atom stereocenters. The topological polar surface area (TPSA) is 68.1 Å². The van der Waals surface area contributed by atoms with Crippen LogP contribution in [0.1, 0.15) is 83.1 Å². The van der Waals surface area contributed by atoms with E-state index >= 15 is 0 Å². The predicted octanol–water partition coefficient (Wildman–Crippen LogP) is 6.86. The van der Waals surface area contributed by atoms with Crippen LogP contribution >= 0.6 is 0 Å². The summed E-state index contributed by atoms with van der Waals surface area (Å²) < 4.78 is 2.00. The number of piperidine rings is 1. The molecular weight excluding hydrogens is 508 g/mol. The predicted molar refractivity (Wildman–Crippen MR) is 163 cm³/mol. The Morgan fingerprint density at radius 2 is 1.78 bits per heavy atom. The Balaban J connectivity index is 1.26. The number of ketones is 1. The first-order valence-corrected chi connectivity index (χ1v) is 14.6.